The van der Waals surface area contributed by atoms with Gasteiger partial charge in [0.25, 0.3) is 5.91 Å². The van der Waals surface area contributed by atoms with Crippen LogP contribution in [0.3, 0.4) is 0 Å². The maximum absolute atomic E-state index is 12.9. The molecule has 0 fully saturated rings. The van der Waals surface area contributed by atoms with Gasteiger partial charge in [0.15, 0.2) is 0 Å². The lowest BCUT2D eigenvalue weighted by molar-refractivity contribution is 0.0745. The number of rotatable bonds is 3. The Hall–Kier alpha value is -2.86. The first-order chi connectivity index (χ1) is 13.1. The number of hydrogen-bond acceptors (Lipinski definition) is 4. The molecule has 0 aliphatic carbocycles. The Bertz CT molecular complexity index is 951. The number of ether oxygens (including phenoxy) is 1. The Morgan fingerprint density at radius 1 is 1.15 bits per heavy atom. The zero-order chi connectivity index (χ0) is 18.8. The fraction of sp³-hybridized carbons (Fsp3) is 0.250. The standard InChI is InChI=1S/C20H19ClN4O2/c1-27-19-8-5-15(12-22-19)20(26)24-9-2-10-25-17(13-24)11-18(23-25)14-3-6-16(21)7-4-14/h3-8,11-12H,2,9-10,13H2,1H3. The second-order valence-corrected chi connectivity index (χ2v) is 6.86. The number of methoxy groups -OCH3 is 1. The molecule has 0 unspecified atom stereocenters. The summed E-state index contributed by atoms with van der Waals surface area (Å²) in [6.45, 7) is 1.99. The SMILES string of the molecule is COc1ccc(C(=O)N2CCCn3nc(-c4ccc(Cl)cc4)cc3C2)cn1. The fourth-order valence-electron chi connectivity index (χ4n) is 3.21. The number of benzene rings is 1. The number of halogens is 1. The predicted molar refractivity (Wildman–Crippen MR) is 103 cm³/mol. The Morgan fingerprint density at radius 2 is 1.96 bits per heavy atom. The Labute approximate surface area is 162 Å². The van der Waals surface area contributed by atoms with Gasteiger partial charge in [-0.2, -0.15) is 5.10 Å². The van der Waals surface area contributed by atoms with Gasteiger partial charge < -0.3 is 9.64 Å². The molecule has 27 heavy (non-hydrogen) atoms. The molecule has 4 rings (SSSR count). The second kappa shape index (κ2) is 7.40. The van der Waals surface area contributed by atoms with E-state index in [4.69, 9.17) is 21.4 Å². The van der Waals surface area contributed by atoms with E-state index in [1.165, 1.54) is 0 Å². The van der Waals surface area contributed by atoms with Gasteiger partial charge >= 0.3 is 0 Å². The van der Waals surface area contributed by atoms with Crippen molar-refractivity contribution in [1.82, 2.24) is 19.7 Å². The lowest BCUT2D eigenvalue weighted by atomic mass is 10.1. The number of hydrogen-bond donors (Lipinski definition) is 0. The Balaban J connectivity index is 1.56. The monoisotopic (exact) mass is 382 g/mol. The van der Waals surface area contributed by atoms with Crippen molar-refractivity contribution in [2.45, 2.75) is 19.5 Å². The molecule has 1 aliphatic heterocycles. The van der Waals surface area contributed by atoms with Gasteiger partial charge in [-0.1, -0.05) is 23.7 Å². The zero-order valence-electron chi connectivity index (χ0n) is 14.9. The van der Waals surface area contributed by atoms with Crippen LogP contribution in [0.2, 0.25) is 5.02 Å². The molecule has 0 radical (unpaired) electrons. The molecular weight excluding hydrogens is 364 g/mol. The third-order valence-electron chi connectivity index (χ3n) is 4.63. The van der Waals surface area contributed by atoms with Crippen LogP contribution < -0.4 is 4.74 Å². The van der Waals surface area contributed by atoms with Gasteiger partial charge in [0, 0.05) is 35.9 Å². The van der Waals surface area contributed by atoms with Crippen LogP contribution in [0.25, 0.3) is 11.3 Å². The lowest BCUT2D eigenvalue weighted by Crippen LogP contribution is -2.30. The van der Waals surface area contributed by atoms with Gasteiger partial charge in [0.05, 0.1) is 30.6 Å². The molecule has 1 aromatic carbocycles. The van der Waals surface area contributed by atoms with E-state index in [0.29, 0.717) is 29.6 Å². The summed E-state index contributed by atoms with van der Waals surface area (Å²) in [6.07, 6.45) is 2.41. The van der Waals surface area contributed by atoms with Gasteiger partial charge in [-0.3, -0.25) is 9.48 Å². The highest BCUT2D eigenvalue weighted by Gasteiger charge is 2.22. The number of aromatic nitrogens is 3. The quantitative estimate of drug-likeness (QED) is 0.693. The summed E-state index contributed by atoms with van der Waals surface area (Å²) < 4.78 is 7.05. The van der Waals surface area contributed by atoms with Gasteiger partial charge in [-0.15, -0.1) is 0 Å². The number of fused-ring (bicyclic) bond motifs is 1. The molecule has 138 valence electrons. The molecule has 0 saturated heterocycles. The number of aryl methyl sites for hydroxylation is 1. The molecule has 3 aromatic rings. The molecule has 0 N–H and O–H groups in total. The van der Waals surface area contributed by atoms with Crippen LogP contribution in [0, 0.1) is 0 Å². The van der Waals surface area contributed by atoms with E-state index < -0.39 is 0 Å². The number of pyridine rings is 1. The van der Waals surface area contributed by atoms with Gasteiger partial charge in [0.2, 0.25) is 5.88 Å². The molecule has 0 spiro atoms. The second-order valence-electron chi connectivity index (χ2n) is 6.42. The van der Waals surface area contributed by atoms with Gasteiger partial charge in [-0.25, -0.2) is 4.98 Å². The summed E-state index contributed by atoms with van der Waals surface area (Å²) in [6, 6.07) is 13.1. The number of carbonyl (C=O) groups is 1. The smallest absolute Gasteiger partial charge is 0.255 e. The van der Waals surface area contributed by atoms with Crippen LogP contribution in [0.5, 0.6) is 5.88 Å². The highest BCUT2D eigenvalue weighted by molar-refractivity contribution is 6.30. The number of amides is 1. The molecule has 1 amide bonds. The van der Waals surface area contributed by atoms with E-state index in [9.17, 15) is 4.79 Å². The van der Waals surface area contributed by atoms with Gasteiger partial charge in [-0.05, 0) is 30.7 Å². The van der Waals surface area contributed by atoms with Crippen molar-refractivity contribution in [2.75, 3.05) is 13.7 Å². The normalized spacial score (nSPS) is 13.8. The summed E-state index contributed by atoms with van der Waals surface area (Å²) in [5.41, 5.74) is 3.48. The Morgan fingerprint density at radius 3 is 2.67 bits per heavy atom. The van der Waals surface area contributed by atoms with Crippen molar-refractivity contribution in [1.29, 1.82) is 0 Å². The van der Waals surface area contributed by atoms with E-state index >= 15 is 0 Å². The van der Waals surface area contributed by atoms with Crippen molar-refractivity contribution >= 4 is 17.5 Å². The molecule has 3 heterocycles. The zero-order valence-corrected chi connectivity index (χ0v) is 15.7. The molecule has 0 bridgehead atoms. The summed E-state index contributed by atoms with van der Waals surface area (Å²) in [5, 5.41) is 5.41. The molecule has 7 heteroatoms. The first-order valence-corrected chi connectivity index (χ1v) is 9.14. The van der Waals surface area contributed by atoms with Crippen LogP contribution in [0.15, 0.2) is 48.7 Å². The van der Waals surface area contributed by atoms with Crippen LogP contribution >= 0.6 is 11.6 Å². The average molecular weight is 383 g/mol. The number of nitrogens with zero attached hydrogens (tertiary/aromatic N) is 4. The molecular formula is C20H19ClN4O2. The fourth-order valence-corrected chi connectivity index (χ4v) is 3.33. The molecule has 0 atom stereocenters. The molecule has 6 nitrogen and oxygen atoms in total. The minimum absolute atomic E-state index is 0.0344. The third-order valence-corrected chi connectivity index (χ3v) is 4.89. The summed E-state index contributed by atoms with van der Waals surface area (Å²) in [4.78, 5) is 18.9. The van der Waals surface area contributed by atoms with E-state index in [1.54, 1.807) is 25.4 Å². The van der Waals surface area contributed by atoms with Gasteiger partial charge in [0.1, 0.15) is 0 Å². The van der Waals surface area contributed by atoms with E-state index in [1.807, 2.05) is 39.9 Å². The maximum Gasteiger partial charge on any atom is 0.255 e. The van der Waals surface area contributed by atoms with Crippen LogP contribution in [-0.4, -0.2) is 39.2 Å². The van der Waals surface area contributed by atoms with Crippen molar-refractivity contribution in [3.8, 4) is 17.1 Å². The van der Waals surface area contributed by atoms with Crippen molar-refractivity contribution in [2.24, 2.45) is 0 Å². The van der Waals surface area contributed by atoms with E-state index in [-0.39, 0.29) is 5.91 Å². The maximum atomic E-state index is 12.9. The highest BCUT2D eigenvalue weighted by Crippen LogP contribution is 2.24. The van der Waals surface area contributed by atoms with Crippen molar-refractivity contribution in [3.63, 3.8) is 0 Å². The lowest BCUT2D eigenvalue weighted by Gasteiger charge is -2.20. The third kappa shape index (κ3) is 3.66. The van der Waals surface area contributed by atoms with Crippen molar-refractivity contribution < 1.29 is 9.53 Å². The summed E-state index contributed by atoms with van der Waals surface area (Å²) in [5.74, 6) is 0.459. The molecule has 2 aromatic heterocycles. The minimum atomic E-state index is -0.0344. The van der Waals surface area contributed by atoms with Crippen LogP contribution in [-0.2, 0) is 13.1 Å². The first kappa shape index (κ1) is 17.5. The largest absolute Gasteiger partial charge is 0.481 e. The van der Waals surface area contributed by atoms with E-state index in [2.05, 4.69) is 4.98 Å². The molecule has 1 aliphatic rings. The highest BCUT2D eigenvalue weighted by atomic mass is 35.5. The summed E-state index contributed by atoms with van der Waals surface area (Å²) in [7, 11) is 1.55. The summed E-state index contributed by atoms with van der Waals surface area (Å²) >= 11 is 5.97. The minimum Gasteiger partial charge on any atom is -0.481 e. The molecule has 0 saturated carbocycles. The van der Waals surface area contributed by atoms with Crippen LogP contribution in [0.4, 0.5) is 0 Å². The first-order valence-electron chi connectivity index (χ1n) is 8.76. The van der Waals surface area contributed by atoms with E-state index in [0.717, 1.165) is 29.9 Å². The topological polar surface area (TPSA) is 60.2 Å². The Kier molecular flexibility index (Phi) is 4.81. The number of carbonyl (C=O) groups excluding carboxylic acids is 1. The van der Waals surface area contributed by atoms with Crippen molar-refractivity contribution in [3.05, 3.63) is 64.9 Å². The van der Waals surface area contributed by atoms with Crippen LogP contribution in [0.1, 0.15) is 22.5 Å². The predicted octanol–water partition coefficient (Wildman–Crippen LogP) is 3.65. The average Bonchev–Trinajstić information content (AvgIpc) is 2.99.